The Hall–Kier alpha value is -2.42. The maximum absolute atomic E-state index is 12.2. The van der Waals surface area contributed by atoms with Gasteiger partial charge in [-0.3, -0.25) is 4.79 Å². The van der Waals surface area contributed by atoms with Gasteiger partial charge in [0.15, 0.2) is 0 Å². The molecule has 0 aliphatic heterocycles. The second-order valence-corrected chi connectivity index (χ2v) is 6.94. The minimum atomic E-state index is -3.52. The molecule has 0 aromatic heterocycles. The van der Waals surface area contributed by atoms with Crippen molar-refractivity contribution in [1.82, 2.24) is 4.72 Å². The highest BCUT2D eigenvalue weighted by atomic mass is 32.2. The number of carbonyl (C=O) groups excluding carboxylic acids is 1. The molecule has 0 radical (unpaired) electrons. The molecule has 0 atom stereocenters. The molecule has 2 aromatic carbocycles. The van der Waals surface area contributed by atoms with Crippen molar-refractivity contribution in [2.75, 3.05) is 32.7 Å². The Bertz CT molecular complexity index is 802. The molecule has 0 fully saturated rings. The first-order valence-corrected chi connectivity index (χ1v) is 9.01. The summed E-state index contributed by atoms with van der Waals surface area (Å²) in [5, 5.41) is 2.74. The van der Waals surface area contributed by atoms with Crippen molar-refractivity contribution in [3.8, 4) is 5.75 Å². The minimum absolute atomic E-state index is 0.101. The van der Waals surface area contributed by atoms with Gasteiger partial charge in [0.1, 0.15) is 12.4 Å². The Labute approximate surface area is 147 Å². The predicted molar refractivity (Wildman–Crippen MR) is 94.5 cm³/mol. The lowest BCUT2D eigenvalue weighted by atomic mass is 10.2. The molecule has 0 unspecified atom stereocenters. The van der Waals surface area contributed by atoms with E-state index in [1.807, 2.05) is 0 Å². The van der Waals surface area contributed by atoms with Crippen LogP contribution in [0, 0.1) is 0 Å². The van der Waals surface area contributed by atoms with E-state index in [-0.39, 0.29) is 10.8 Å². The van der Waals surface area contributed by atoms with Crippen molar-refractivity contribution in [1.29, 1.82) is 0 Å². The van der Waals surface area contributed by atoms with E-state index in [0.29, 0.717) is 30.2 Å². The van der Waals surface area contributed by atoms with Crippen LogP contribution in [0.4, 0.5) is 5.69 Å². The topological polar surface area (TPSA) is 93.7 Å². The first kappa shape index (κ1) is 18.9. The fourth-order valence-electron chi connectivity index (χ4n) is 1.98. The van der Waals surface area contributed by atoms with Crippen LogP contribution in [0.5, 0.6) is 5.75 Å². The zero-order chi connectivity index (χ0) is 18.3. The lowest BCUT2D eigenvalue weighted by molar-refractivity contribution is 0.102. The summed E-state index contributed by atoms with van der Waals surface area (Å²) in [6.07, 6.45) is 0. The summed E-state index contributed by atoms with van der Waals surface area (Å²) in [4.78, 5) is 12.3. The summed E-state index contributed by atoms with van der Waals surface area (Å²) < 4.78 is 35.9. The largest absolute Gasteiger partial charge is 0.491 e. The van der Waals surface area contributed by atoms with Crippen LogP contribution in [-0.2, 0) is 14.8 Å². The normalized spacial score (nSPS) is 11.1. The van der Waals surface area contributed by atoms with E-state index in [1.165, 1.54) is 31.3 Å². The Morgan fingerprint density at radius 2 is 1.64 bits per heavy atom. The molecule has 2 rings (SSSR count). The van der Waals surface area contributed by atoms with E-state index in [4.69, 9.17) is 9.47 Å². The molecular formula is C17H20N2O5S. The molecule has 8 heteroatoms. The van der Waals surface area contributed by atoms with Crippen LogP contribution >= 0.6 is 0 Å². The van der Waals surface area contributed by atoms with Gasteiger partial charge in [0.05, 0.1) is 11.5 Å². The highest BCUT2D eigenvalue weighted by molar-refractivity contribution is 7.89. The van der Waals surface area contributed by atoms with Gasteiger partial charge >= 0.3 is 0 Å². The molecule has 0 saturated carbocycles. The van der Waals surface area contributed by atoms with Crippen LogP contribution in [0.2, 0.25) is 0 Å². The summed E-state index contributed by atoms with van der Waals surface area (Å²) in [5.41, 5.74) is 0.964. The molecule has 134 valence electrons. The predicted octanol–water partition coefficient (Wildman–Crippen LogP) is 1.87. The number of rotatable bonds is 8. The molecule has 7 nitrogen and oxygen atoms in total. The number of nitrogens with one attached hydrogen (secondary N) is 2. The van der Waals surface area contributed by atoms with Gasteiger partial charge in [-0.15, -0.1) is 0 Å². The van der Waals surface area contributed by atoms with E-state index in [2.05, 4.69) is 10.0 Å². The number of sulfonamides is 1. The summed E-state index contributed by atoms with van der Waals surface area (Å²) in [7, 11) is -0.587. The SMILES string of the molecule is CNS(=O)(=O)c1ccc(C(=O)Nc2ccc(OCCOC)cc2)cc1. The Morgan fingerprint density at radius 1 is 1.00 bits per heavy atom. The third kappa shape index (κ3) is 5.28. The van der Waals surface area contributed by atoms with Gasteiger partial charge < -0.3 is 14.8 Å². The van der Waals surface area contributed by atoms with Crippen LogP contribution < -0.4 is 14.8 Å². The van der Waals surface area contributed by atoms with Crippen LogP contribution in [0.3, 0.4) is 0 Å². The first-order valence-electron chi connectivity index (χ1n) is 7.53. The molecule has 2 N–H and O–H groups in total. The Morgan fingerprint density at radius 3 is 2.20 bits per heavy atom. The number of hydrogen-bond donors (Lipinski definition) is 2. The maximum atomic E-state index is 12.2. The summed E-state index contributed by atoms with van der Waals surface area (Å²) >= 11 is 0. The number of anilines is 1. The molecular weight excluding hydrogens is 344 g/mol. The molecule has 0 bridgehead atoms. The first-order chi connectivity index (χ1) is 12.0. The quantitative estimate of drug-likeness (QED) is 0.698. The Balaban J connectivity index is 1.99. The lowest BCUT2D eigenvalue weighted by Gasteiger charge is -2.08. The van der Waals surface area contributed by atoms with Crippen molar-refractivity contribution >= 4 is 21.6 Å². The molecule has 2 aromatic rings. The van der Waals surface area contributed by atoms with Crippen molar-refractivity contribution in [3.63, 3.8) is 0 Å². The lowest BCUT2D eigenvalue weighted by Crippen LogP contribution is -2.19. The molecule has 25 heavy (non-hydrogen) atoms. The average molecular weight is 364 g/mol. The molecule has 0 saturated heterocycles. The highest BCUT2D eigenvalue weighted by Crippen LogP contribution is 2.17. The van der Waals surface area contributed by atoms with Gasteiger partial charge in [-0.2, -0.15) is 0 Å². The summed E-state index contributed by atoms with van der Waals surface area (Å²) in [5.74, 6) is 0.345. The van der Waals surface area contributed by atoms with E-state index in [1.54, 1.807) is 31.4 Å². The second kappa shape index (κ2) is 8.61. The van der Waals surface area contributed by atoms with Crippen molar-refractivity contribution < 1.29 is 22.7 Å². The number of methoxy groups -OCH3 is 1. The zero-order valence-corrected chi connectivity index (χ0v) is 14.8. The summed E-state index contributed by atoms with van der Waals surface area (Å²) in [6, 6.07) is 12.6. The Kier molecular flexibility index (Phi) is 6.51. The third-order valence-corrected chi connectivity index (χ3v) is 4.79. The van der Waals surface area contributed by atoms with Gasteiger partial charge in [-0.05, 0) is 55.6 Å². The van der Waals surface area contributed by atoms with Crippen molar-refractivity contribution in [2.45, 2.75) is 4.90 Å². The number of amides is 1. The van der Waals surface area contributed by atoms with Gasteiger partial charge in [0.2, 0.25) is 10.0 Å². The van der Waals surface area contributed by atoms with Gasteiger partial charge in [-0.1, -0.05) is 0 Å². The van der Waals surface area contributed by atoms with Crippen LogP contribution in [0.25, 0.3) is 0 Å². The molecule has 0 spiro atoms. The third-order valence-electron chi connectivity index (χ3n) is 3.36. The number of carbonyl (C=O) groups is 1. The molecule has 1 amide bonds. The van der Waals surface area contributed by atoms with E-state index < -0.39 is 10.0 Å². The standard InChI is InChI=1S/C17H20N2O5S/c1-18-25(21,22)16-9-3-13(4-10-16)17(20)19-14-5-7-15(8-6-14)24-12-11-23-2/h3-10,18H,11-12H2,1-2H3,(H,19,20). The average Bonchev–Trinajstić information content (AvgIpc) is 2.63. The summed E-state index contributed by atoms with van der Waals surface area (Å²) in [6.45, 7) is 0.946. The number of hydrogen-bond acceptors (Lipinski definition) is 5. The van der Waals surface area contributed by atoms with Crippen LogP contribution in [0.15, 0.2) is 53.4 Å². The molecule has 0 aliphatic carbocycles. The smallest absolute Gasteiger partial charge is 0.255 e. The fraction of sp³-hybridized carbons (Fsp3) is 0.235. The number of benzene rings is 2. The van der Waals surface area contributed by atoms with E-state index in [9.17, 15) is 13.2 Å². The van der Waals surface area contributed by atoms with Crippen molar-refractivity contribution in [3.05, 3.63) is 54.1 Å². The van der Waals surface area contributed by atoms with Crippen molar-refractivity contribution in [2.24, 2.45) is 0 Å². The maximum Gasteiger partial charge on any atom is 0.255 e. The number of ether oxygens (including phenoxy) is 2. The van der Waals surface area contributed by atoms with Crippen LogP contribution in [0.1, 0.15) is 10.4 Å². The van der Waals surface area contributed by atoms with E-state index >= 15 is 0 Å². The minimum Gasteiger partial charge on any atom is -0.491 e. The fourth-order valence-corrected chi connectivity index (χ4v) is 2.71. The van der Waals surface area contributed by atoms with Gasteiger partial charge in [0.25, 0.3) is 5.91 Å². The van der Waals surface area contributed by atoms with E-state index in [0.717, 1.165) is 0 Å². The molecule has 0 heterocycles. The van der Waals surface area contributed by atoms with Gasteiger partial charge in [0, 0.05) is 18.4 Å². The van der Waals surface area contributed by atoms with Gasteiger partial charge in [-0.25, -0.2) is 13.1 Å². The monoisotopic (exact) mass is 364 g/mol. The highest BCUT2D eigenvalue weighted by Gasteiger charge is 2.12. The molecule has 0 aliphatic rings. The second-order valence-electron chi connectivity index (χ2n) is 5.05. The van der Waals surface area contributed by atoms with Crippen LogP contribution in [-0.4, -0.2) is 41.7 Å². The zero-order valence-electron chi connectivity index (χ0n) is 14.0.